The van der Waals surface area contributed by atoms with Crippen LogP contribution >= 0.6 is 11.6 Å². The normalized spacial score (nSPS) is 10.5. The molecule has 3 nitrogen and oxygen atoms in total. The lowest BCUT2D eigenvalue weighted by molar-refractivity contribution is 0.0475. The number of hydrogen-bond donors (Lipinski definition) is 0. The fraction of sp³-hybridized carbons (Fsp3) is 0.0526. The van der Waals surface area contributed by atoms with Gasteiger partial charge in [0.25, 0.3) is 0 Å². The maximum atomic E-state index is 12.2. The zero-order chi connectivity index (χ0) is 16.2. The molecule has 0 aliphatic rings. The predicted octanol–water partition coefficient (Wildman–Crippen LogP) is 4.53. The number of halogens is 1. The van der Waals surface area contributed by atoms with Crippen molar-refractivity contribution in [2.45, 2.75) is 0 Å². The molecule has 0 aromatic heterocycles. The second-order valence-electron chi connectivity index (χ2n) is 5.07. The fourth-order valence-corrected chi connectivity index (χ4v) is 2.37. The maximum absolute atomic E-state index is 12.2. The Bertz CT molecular complexity index is 869. The first-order valence-electron chi connectivity index (χ1n) is 7.08. The monoisotopic (exact) mass is 324 g/mol. The van der Waals surface area contributed by atoms with Gasteiger partial charge in [-0.3, -0.25) is 4.79 Å². The fourth-order valence-electron chi connectivity index (χ4n) is 2.25. The molecule has 0 N–H and O–H groups in total. The maximum Gasteiger partial charge on any atom is 0.338 e. The van der Waals surface area contributed by atoms with Crippen molar-refractivity contribution in [1.82, 2.24) is 0 Å². The Morgan fingerprint density at radius 2 is 1.48 bits per heavy atom. The average molecular weight is 325 g/mol. The van der Waals surface area contributed by atoms with Crippen molar-refractivity contribution < 1.29 is 14.3 Å². The van der Waals surface area contributed by atoms with Crippen molar-refractivity contribution in [1.29, 1.82) is 0 Å². The molecule has 3 aromatic rings. The van der Waals surface area contributed by atoms with Crippen molar-refractivity contribution in [3.8, 4) is 0 Å². The molecule has 4 heteroatoms. The molecule has 0 unspecified atom stereocenters. The number of esters is 1. The number of ether oxygens (including phenoxy) is 1. The molecule has 0 saturated carbocycles. The molecule has 0 aliphatic heterocycles. The summed E-state index contributed by atoms with van der Waals surface area (Å²) in [4.78, 5) is 24.1. The standard InChI is InChI=1S/C19H13ClO3/c20-17-9-7-14(8-10-17)19(22)23-12-18(21)16-6-5-13-3-1-2-4-15(13)11-16/h1-11H,12H2. The van der Waals surface area contributed by atoms with Gasteiger partial charge in [0.05, 0.1) is 5.56 Å². The zero-order valence-corrected chi connectivity index (χ0v) is 12.9. The van der Waals surface area contributed by atoms with E-state index in [2.05, 4.69) is 0 Å². The third-order valence-electron chi connectivity index (χ3n) is 3.49. The summed E-state index contributed by atoms with van der Waals surface area (Å²) >= 11 is 5.77. The molecular formula is C19H13ClO3. The minimum atomic E-state index is -0.546. The van der Waals surface area contributed by atoms with Crippen LogP contribution in [0.1, 0.15) is 20.7 Å². The van der Waals surface area contributed by atoms with Gasteiger partial charge < -0.3 is 4.74 Å². The Morgan fingerprint density at radius 1 is 0.826 bits per heavy atom. The molecule has 0 fully saturated rings. The number of ketones is 1. The van der Waals surface area contributed by atoms with Crippen molar-refractivity contribution in [2.24, 2.45) is 0 Å². The van der Waals surface area contributed by atoms with Gasteiger partial charge in [-0.1, -0.05) is 48.0 Å². The summed E-state index contributed by atoms with van der Waals surface area (Å²) in [5, 5.41) is 2.57. The lowest BCUT2D eigenvalue weighted by Gasteiger charge is -2.06. The minimum Gasteiger partial charge on any atom is -0.454 e. The van der Waals surface area contributed by atoms with Crippen molar-refractivity contribution in [2.75, 3.05) is 6.61 Å². The van der Waals surface area contributed by atoms with Crippen LogP contribution in [0.2, 0.25) is 5.02 Å². The SMILES string of the molecule is O=C(COC(=O)c1ccc(Cl)cc1)c1ccc2ccccc2c1. The van der Waals surface area contributed by atoms with Gasteiger partial charge in [-0.2, -0.15) is 0 Å². The quantitative estimate of drug-likeness (QED) is 0.523. The third-order valence-corrected chi connectivity index (χ3v) is 3.74. The molecule has 0 aliphatic carbocycles. The van der Waals surface area contributed by atoms with Gasteiger partial charge in [-0.25, -0.2) is 4.79 Å². The first-order valence-corrected chi connectivity index (χ1v) is 7.46. The van der Waals surface area contributed by atoms with E-state index in [0.717, 1.165) is 10.8 Å². The smallest absolute Gasteiger partial charge is 0.338 e. The van der Waals surface area contributed by atoms with E-state index in [1.54, 1.807) is 36.4 Å². The second-order valence-corrected chi connectivity index (χ2v) is 5.50. The van der Waals surface area contributed by atoms with Gasteiger partial charge in [-0.05, 0) is 41.1 Å². The minimum absolute atomic E-state index is 0.238. The van der Waals surface area contributed by atoms with Gasteiger partial charge in [-0.15, -0.1) is 0 Å². The van der Waals surface area contributed by atoms with Gasteiger partial charge in [0.15, 0.2) is 12.4 Å². The molecular weight excluding hydrogens is 312 g/mol. The highest BCUT2D eigenvalue weighted by atomic mass is 35.5. The summed E-state index contributed by atoms with van der Waals surface area (Å²) in [5.74, 6) is -0.783. The van der Waals surface area contributed by atoms with Crippen LogP contribution in [-0.4, -0.2) is 18.4 Å². The van der Waals surface area contributed by atoms with E-state index >= 15 is 0 Å². The molecule has 0 spiro atoms. The average Bonchev–Trinajstić information content (AvgIpc) is 2.59. The van der Waals surface area contributed by atoms with Gasteiger partial charge >= 0.3 is 5.97 Å². The van der Waals surface area contributed by atoms with Crippen LogP contribution in [0.15, 0.2) is 66.7 Å². The molecule has 23 heavy (non-hydrogen) atoms. The van der Waals surface area contributed by atoms with Crippen molar-refractivity contribution in [3.05, 3.63) is 82.9 Å². The van der Waals surface area contributed by atoms with E-state index in [0.29, 0.717) is 16.1 Å². The Kier molecular flexibility index (Phi) is 4.40. The molecule has 0 amide bonds. The number of fused-ring (bicyclic) bond motifs is 1. The number of Topliss-reactive ketones (excluding diaryl/α,β-unsaturated/α-hetero) is 1. The summed E-state index contributed by atoms with van der Waals surface area (Å²) in [5.41, 5.74) is 0.883. The highest BCUT2D eigenvalue weighted by Gasteiger charge is 2.12. The van der Waals surface area contributed by atoms with E-state index in [9.17, 15) is 9.59 Å². The Hall–Kier alpha value is -2.65. The van der Waals surface area contributed by atoms with Crippen LogP contribution in [0.4, 0.5) is 0 Å². The van der Waals surface area contributed by atoms with Crippen LogP contribution in [0.25, 0.3) is 10.8 Å². The molecule has 114 valence electrons. The van der Waals surface area contributed by atoms with E-state index in [1.165, 1.54) is 0 Å². The van der Waals surface area contributed by atoms with Crippen LogP contribution in [-0.2, 0) is 4.74 Å². The Morgan fingerprint density at radius 3 is 2.22 bits per heavy atom. The van der Waals surface area contributed by atoms with Crippen LogP contribution in [0.5, 0.6) is 0 Å². The van der Waals surface area contributed by atoms with Gasteiger partial charge in [0, 0.05) is 10.6 Å². The van der Waals surface area contributed by atoms with Gasteiger partial charge in [0.1, 0.15) is 0 Å². The Labute approximate surface area is 138 Å². The Balaban J connectivity index is 1.68. The number of hydrogen-bond acceptors (Lipinski definition) is 3. The van der Waals surface area contributed by atoms with Crippen LogP contribution in [0, 0.1) is 0 Å². The van der Waals surface area contributed by atoms with E-state index in [4.69, 9.17) is 16.3 Å². The molecule has 0 radical (unpaired) electrons. The molecule has 0 saturated heterocycles. The molecule has 3 rings (SSSR count). The molecule has 0 heterocycles. The predicted molar refractivity (Wildman–Crippen MR) is 90.0 cm³/mol. The topological polar surface area (TPSA) is 43.4 Å². The van der Waals surface area contributed by atoms with Crippen molar-refractivity contribution >= 4 is 34.1 Å². The molecule has 3 aromatic carbocycles. The van der Waals surface area contributed by atoms with Crippen LogP contribution < -0.4 is 0 Å². The lowest BCUT2D eigenvalue weighted by atomic mass is 10.0. The molecule has 0 atom stereocenters. The number of carbonyl (C=O) groups excluding carboxylic acids is 2. The van der Waals surface area contributed by atoms with E-state index < -0.39 is 5.97 Å². The summed E-state index contributed by atoms with van der Waals surface area (Å²) in [7, 11) is 0. The number of benzene rings is 3. The summed E-state index contributed by atoms with van der Waals surface area (Å²) in [6, 6.07) is 19.5. The zero-order valence-electron chi connectivity index (χ0n) is 12.2. The third kappa shape index (κ3) is 3.58. The first-order chi connectivity index (χ1) is 11.1. The highest BCUT2D eigenvalue weighted by molar-refractivity contribution is 6.30. The number of carbonyl (C=O) groups is 2. The largest absolute Gasteiger partial charge is 0.454 e. The lowest BCUT2D eigenvalue weighted by Crippen LogP contribution is -2.14. The summed E-state index contributed by atoms with van der Waals surface area (Å²) < 4.78 is 5.06. The van der Waals surface area contributed by atoms with Crippen LogP contribution in [0.3, 0.4) is 0 Å². The molecule has 0 bridgehead atoms. The van der Waals surface area contributed by atoms with Gasteiger partial charge in [0.2, 0.25) is 0 Å². The summed E-state index contributed by atoms with van der Waals surface area (Å²) in [6.07, 6.45) is 0. The van der Waals surface area contributed by atoms with Crippen molar-refractivity contribution in [3.63, 3.8) is 0 Å². The number of rotatable bonds is 4. The van der Waals surface area contributed by atoms with E-state index in [1.807, 2.05) is 30.3 Å². The highest BCUT2D eigenvalue weighted by Crippen LogP contribution is 2.16. The summed E-state index contributed by atoms with van der Waals surface area (Å²) in [6.45, 7) is -0.292. The van der Waals surface area contributed by atoms with E-state index in [-0.39, 0.29) is 12.4 Å². The first kappa shape index (κ1) is 15.3. The second kappa shape index (κ2) is 6.63.